The summed E-state index contributed by atoms with van der Waals surface area (Å²) in [7, 11) is 1.57. The maximum atomic E-state index is 12.8. The Morgan fingerprint density at radius 3 is 2.63 bits per heavy atom. The van der Waals surface area contributed by atoms with Gasteiger partial charge in [-0.1, -0.05) is 43.3 Å². The van der Waals surface area contributed by atoms with Crippen molar-refractivity contribution >= 4 is 39.9 Å². The molecule has 9 heteroatoms. The number of carbonyl (C=O) groups is 1. The van der Waals surface area contributed by atoms with Crippen LogP contribution in [0.5, 0.6) is 11.5 Å². The van der Waals surface area contributed by atoms with Crippen LogP contribution in [0, 0.1) is 11.3 Å². The molecule has 0 bridgehead atoms. The zero-order chi connectivity index (χ0) is 24.4. The molecule has 2 aromatic rings. The second-order valence-electron chi connectivity index (χ2n) is 8.76. The van der Waals surface area contributed by atoms with E-state index >= 15 is 0 Å². The fraction of sp³-hybridized carbons (Fsp3) is 0.308. The van der Waals surface area contributed by atoms with Gasteiger partial charge >= 0.3 is 0 Å². The fourth-order valence-corrected chi connectivity index (χ4v) is 5.05. The number of nitrogens with zero attached hydrogens (tertiary/aromatic N) is 4. The number of benzene rings is 2. The Labute approximate surface area is 208 Å². The van der Waals surface area contributed by atoms with Crippen LogP contribution in [-0.4, -0.2) is 52.2 Å². The van der Waals surface area contributed by atoms with Gasteiger partial charge < -0.3 is 14.4 Å². The summed E-state index contributed by atoms with van der Waals surface area (Å²) < 4.78 is 11.4. The topological polar surface area (TPSA) is 90.6 Å². The number of thioether (sulfide) groups is 1. The van der Waals surface area contributed by atoms with E-state index in [1.165, 1.54) is 16.8 Å². The molecule has 35 heavy (non-hydrogen) atoms. The standard InChI is InChI=1S/C26H27N5O3S/c1-17-10-12-30(13-11-17)26-29-31-23(27)20(24(32)28-25(31)35-26)14-19-8-9-21(22(15-19)33-2)34-16-18-6-4-3-5-7-18/h3-9,14-15,17,27H,10-13,16H2,1-2H3/b20-14+,27-23?. The molecule has 3 aliphatic heterocycles. The smallest absolute Gasteiger partial charge is 0.283 e. The largest absolute Gasteiger partial charge is 0.493 e. The Morgan fingerprint density at radius 1 is 1.11 bits per heavy atom. The summed E-state index contributed by atoms with van der Waals surface area (Å²) in [6.07, 6.45) is 3.87. The number of aliphatic imine (C=N–C) groups is 1. The summed E-state index contributed by atoms with van der Waals surface area (Å²) >= 11 is 1.36. The molecule has 0 unspecified atom stereocenters. The van der Waals surface area contributed by atoms with E-state index in [4.69, 9.17) is 14.9 Å². The highest BCUT2D eigenvalue weighted by Crippen LogP contribution is 2.33. The van der Waals surface area contributed by atoms with Crippen LogP contribution < -0.4 is 9.47 Å². The second kappa shape index (κ2) is 9.95. The number of rotatable bonds is 5. The molecule has 3 heterocycles. The Bertz CT molecular complexity index is 1230. The summed E-state index contributed by atoms with van der Waals surface area (Å²) in [5.74, 6) is 1.44. The van der Waals surface area contributed by atoms with Crippen LogP contribution in [-0.2, 0) is 11.4 Å². The third-order valence-corrected chi connectivity index (χ3v) is 7.20. The Hall–Kier alpha value is -3.59. The van der Waals surface area contributed by atoms with E-state index in [9.17, 15) is 4.79 Å². The first-order valence-electron chi connectivity index (χ1n) is 11.6. The lowest BCUT2D eigenvalue weighted by molar-refractivity contribution is -0.114. The van der Waals surface area contributed by atoms with E-state index in [0.717, 1.165) is 36.7 Å². The number of carbonyl (C=O) groups excluding carboxylic acids is 1. The number of amides is 1. The minimum Gasteiger partial charge on any atom is -0.493 e. The van der Waals surface area contributed by atoms with Crippen molar-refractivity contribution in [3.8, 4) is 11.5 Å². The molecule has 0 atom stereocenters. The zero-order valence-corrected chi connectivity index (χ0v) is 20.5. The SMILES string of the molecule is COc1cc(/C=C2\C(=N)N3N=C(N4CCC(C)CC4)SC3=NC2=O)ccc1OCc1ccccc1. The number of hydrogen-bond acceptors (Lipinski definition) is 7. The number of amidine groups is 3. The van der Waals surface area contributed by atoms with Gasteiger partial charge in [-0.15, -0.1) is 5.10 Å². The number of ether oxygens (including phenoxy) is 2. The third kappa shape index (κ3) is 4.95. The molecule has 180 valence electrons. The summed E-state index contributed by atoms with van der Waals surface area (Å²) in [6, 6.07) is 15.3. The molecule has 0 saturated carbocycles. The van der Waals surface area contributed by atoms with Crippen molar-refractivity contribution in [3.63, 3.8) is 0 Å². The lowest BCUT2D eigenvalue weighted by atomic mass is 10.00. The van der Waals surface area contributed by atoms with Gasteiger partial charge in [-0.2, -0.15) is 10.0 Å². The first-order valence-corrected chi connectivity index (χ1v) is 12.4. The summed E-state index contributed by atoms with van der Waals surface area (Å²) in [4.78, 5) is 19.2. The zero-order valence-electron chi connectivity index (χ0n) is 19.7. The van der Waals surface area contributed by atoms with Gasteiger partial charge in [-0.25, -0.2) is 0 Å². The molecule has 1 amide bonds. The third-order valence-electron chi connectivity index (χ3n) is 6.23. The number of nitrogens with one attached hydrogen (secondary N) is 1. The predicted molar refractivity (Wildman–Crippen MR) is 139 cm³/mol. The average Bonchev–Trinajstić information content (AvgIpc) is 3.30. The van der Waals surface area contributed by atoms with Crippen LogP contribution in [0.1, 0.15) is 30.9 Å². The van der Waals surface area contributed by atoms with Crippen molar-refractivity contribution < 1.29 is 14.3 Å². The van der Waals surface area contributed by atoms with E-state index in [1.54, 1.807) is 25.3 Å². The molecule has 0 aliphatic carbocycles. The molecule has 0 spiro atoms. The van der Waals surface area contributed by atoms with Crippen LogP contribution in [0.3, 0.4) is 0 Å². The van der Waals surface area contributed by atoms with Gasteiger partial charge in [0, 0.05) is 13.1 Å². The summed E-state index contributed by atoms with van der Waals surface area (Å²) in [5.41, 5.74) is 1.95. The minimum absolute atomic E-state index is 0.0243. The molecule has 8 nitrogen and oxygen atoms in total. The molecule has 0 radical (unpaired) electrons. The van der Waals surface area contributed by atoms with E-state index in [0.29, 0.717) is 34.8 Å². The summed E-state index contributed by atoms with van der Waals surface area (Å²) in [5, 5.41) is 16.0. The van der Waals surface area contributed by atoms with Gasteiger partial charge in [0.15, 0.2) is 22.5 Å². The van der Waals surface area contributed by atoms with Crippen molar-refractivity contribution in [2.24, 2.45) is 16.0 Å². The van der Waals surface area contributed by atoms with Crippen molar-refractivity contribution in [1.82, 2.24) is 9.91 Å². The number of piperidine rings is 1. The van der Waals surface area contributed by atoms with Gasteiger partial charge in [-0.3, -0.25) is 10.2 Å². The van der Waals surface area contributed by atoms with E-state index in [2.05, 4.69) is 21.9 Å². The Morgan fingerprint density at radius 2 is 1.89 bits per heavy atom. The number of methoxy groups -OCH3 is 1. The van der Waals surface area contributed by atoms with Crippen molar-refractivity contribution in [2.45, 2.75) is 26.4 Å². The first-order chi connectivity index (χ1) is 17.0. The number of fused-ring (bicyclic) bond motifs is 1. The van der Waals surface area contributed by atoms with E-state index in [1.807, 2.05) is 36.4 Å². The lowest BCUT2D eigenvalue weighted by Gasteiger charge is -2.30. The fourth-order valence-electron chi connectivity index (χ4n) is 4.10. The lowest BCUT2D eigenvalue weighted by Crippen LogP contribution is -2.36. The highest BCUT2D eigenvalue weighted by molar-refractivity contribution is 8.26. The molecule has 5 rings (SSSR count). The van der Waals surface area contributed by atoms with E-state index in [-0.39, 0.29) is 11.4 Å². The van der Waals surface area contributed by atoms with Crippen LogP contribution in [0.2, 0.25) is 0 Å². The Kier molecular flexibility index (Phi) is 6.59. The molecule has 2 aromatic carbocycles. The first kappa shape index (κ1) is 23.2. The number of likely N-dealkylation sites (tertiary alicyclic amines) is 1. The minimum atomic E-state index is -0.444. The monoisotopic (exact) mass is 489 g/mol. The Balaban J connectivity index is 1.34. The van der Waals surface area contributed by atoms with Crippen LogP contribution in [0.15, 0.2) is 64.2 Å². The molecular formula is C26H27N5O3S. The molecule has 0 aromatic heterocycles. The van der Waals surface area contributed by atoms with Gasteiger partial charge in [0.05, 0.1) is 12.7 Å². The van der Waals surface area contributed by atoms with Gasteiger partial charge in [0.2, 0.25) is 5.17 Å². The van der Waals surface area contributed by atoms with Gasteiger partial charge in [-0.05, 0) is 59.9 Å². The maximum Gasteiger partial charge on any atom is 0.283 e. The number of hydrogen-bond donors (Lipinski definition) is 1. The molecule has 1 fully saturated rings. The molecule has 1 saturated heterocycles. The second-order valence-corrected chi connectivity index (χ2v) is 9.69. The van der Waals surface area contributed by atoms with Crippen LogP contribution >= 0.6 is 11.8 Å². The normalized spacial score (nSPS) is 19.5. The van der Waals surface area contributed by atoms with Crippen LogP contribution in [0.4, 0.5) is 0 Å². The van der Waals surface area contributed by atoms with Crippen LogP contribution in [0.25, 0.3) is 6.08 Å². The molecule has 1 N–H and O–H groups in total. The number of hydrazone groups is 1. The molecule has 3 aliphatic rings. The maximum absolute atomic E-state index is 12.8. The van der Waals surface area contributed by atoms with Gasteiger partial charge in [0.25, 0.3) is 5.91 Å². The summed E-state index contributed by atoms with van der Waals surface area (Å²) in [6.45, 7) is 4.53. The highest BCUT2D eigenvalue weighted by Gasteiger charge is 2.37. The van der Waals surface area contributed by atoms with Crippen molar-refractivity contribution in [2.75, 3.05) is 20.2 Å². The van der Waals surface area contributed by atoms with Crippen molar-refractivity contribution in [1.29, 1.82) is 5.41 Å². The predicted octanol–water partition coefficient (Wildman–Crippen LogP) is 4.58. The van der Waals surface area contributed by atoms with Gasteiger partial charge in [0.1, 0.15) is 6.61 Å². The average molecular weight is 490 g/mol. The van der Waals surface area contributed by atoms with E-state index < -0.39 is 5.91 Å². The highest BCUT2D eigenvalue weighted by atomic mass is 32.2. The quantitative estimate of drug-likeness (QED) is 0.618. The molecular weight excluding hydrogens is 462 g/mol. The van der Waals surface area contributed by atoms with Crippen molar-refractivity contribution in [3.05, 3.63) is 65.2 Å².